The van der Waals surface area contributed by atoms with E-state index >= 15 is 0 Å². The van der Waals surface area contributed by atoms with E-state index < -0.39 is 0 Å². The van der Waals surface area contributed by atoms with Crippen LogP contribution in [0.1, 0.15) is 0 Å². The van der Waals surface area contributed by atoms with Crippen LogP contribution in [-0.4, -0.2) is 23.9 Å². The standard InChI is InChI=1S/C26H15N6/c1-3-9-20-17(7-1)28-26-30-24-16(6-5-11-22(24)31(20)26)15-12-13-19-23(14-15)32-21-10-4-2-8-18(21)27-25(32)29-19/h1-14H,(H,27,29). The molecule has 32 heavy (non-hydrogen) atoms. The van der Waals surface area contributed by atoms with Gasteiger partial charge in [0.25, 0.3) is 0 Å². The molecule has 1 aliphatic heterocycles. The molecule has 0 saturated carbocycles. The number of aromatic amines is 1. The van der Waals surface area contributed by atoms with Crippen molar-refractivity contribution in [3.05, 3.63) is 84.9 Å². The van der Waals surface area contributed by atoms with Crippen LogP contribution in [0.3, 0.4) is 0 Å². The lowest BCUT2D eigenvalue weighted by Gasteiger charge is -2.09. The molecule has 0 saturated heterocycles. The van der Waals surface area contributed by atoms with E-state index in [1.165, 1.54) is 0 Å². The Morgan fingerprint density at radius 2 is 1.50 bits per heavy atom. The molecule has 4 aromatic carbocycles. The molecule has 1 radical (unpaired) electrons. The Morgan fingerprint density at radius 1 is 0.688 bits per heavy atom. The topological polar surface area (TPSA) is 65.0 Å². The van der Waals surface area contributed by atoms with Gasteiger partial charge in [-0.25, -0.2) is 15.3 Å². The molecule has 1 aliphatic rings. The molecule has 7 aromatic rings. The third-order valence-corrected chi connectivity index (χ3v) is 6.37. The fourth-order valence-corrected chi connectivity index (χ4v) is 4.95. The molecule has 0 aliphatic carbocycles. The largest absolute Gasteiger partial charge is 0.323 e. The number of hydrogen-bond donors (Lipinski definition) is 1. The van der Waals surface area contributed by atoms with Gasteiger partial charge in [-0.1, -0.05) is 42.5 Å². The van der Waals surface area contributed by atoms with Gasteiger partial charge in [-0.3, -0.25) is 8.97 Å². The van der Waals surface area contributed by atoms with Crippen LogP contribution in [0.5, 0.6) is 0 Å². The van der Waals surface area contributed by atoms with Crippen molar-refractivity contribution in [1.82, 2.24) is 29.2 Å². The number of nitrogens with one attached hydrogen (secondary N) is 1. The van der Waals surface area contributed by atoms with E-state index in [1.807, 2.05) is 36.4 Å². The molecular weight excluding hydrogens is 396 g/mol. The number of benzene rings is 4. The predicted octanol–water partition coefficient (Wildman–Crippen LogP) is 5.86. The minimum Gasteiger partial charge on any atom is -0.323 e. The van der Waals surface area contributed by atoms with Gasteiger partial charge in [0.1, 0.15) is 0 Å². The van der Waals surface area contributed by atoms with Gasteiger partial charge in [-0.15, -0.1) is 0 Å². The lowest BCUT2D eigenvalue weighted by Crippen LogP contribution is -1.90. The van der Waals surface area contributed by atoms with Gasteiger partial charge in [0.2, 0.25) is 11.7 Å². The average Bonchev–Trinajstić information content (AvgIpc) is 3.55. The molecule has 0 amide bonds. The minimum atomic E-state index is 0.736. The summed E-state index contributed by atoms with van der Waals surface area (Å²) in [6, 6.07) is 29.2. The molecule has 6 nitrogen and oxygen atoms in total. The number of aromatic nitrogens is 5. The smallest absolute Gasteiger partial charge is 0.236 e. The summed E-state index contributed by atoms with van der Waals surface area (Å²) in [5.41, 5.74) is 10.5. The molecule has 6 heteroatoms. The molecule has 0 fully saturated rings. The molecule has 0 bridgehead atoms. The van der Waals surface area contributed by atoms with Gasteiger partial charge >= 0.3 is 0 Å². The monoisotopic (exact) mass is 411 g/mol. The number of rotatable bonds is 1. The molecule has 3 aromatic heterocycles. The van der Waals surface area contributed by atoms with Crippen molar-refractivity contribution in [2.45, 2.75) is 0 Å². The molecule has 8 rings (SSSR count). The van der Waals surface area contributed by atoms with E-state index in [9.17, 15) is 0 Å². The van der Waals surface area contributed by atoms with Crippen molar-refractivity contribution in [2.24, 2.45) is 0 Å². The zero-order valence-electron chi connectivity index (χ0n) is 16.8. The summed E-state index contributed by atoms with van der Waals surface area (Å²) >= 11 is 0. The molecule has 0 atom stereocenters. The van der Waals surface area contributed by atoms with Crippen LogP contribution in [0.4, 0.5) is 11.6 Å². The van der Waals surface area contributed by atoms with Gasteiger partial charge in [-0.2, -0.15) is 0 Å². The third-order valence-electron chi connectivity index (χ3n) is 6.37. The van der Waals surface area contributed by atoms with Crippen LogP contribution in [0.15, 0.2) is 84.9 Å². The maximum absolute atomic E-state index is 4.92. The van der Waals surface area contributed by atoms with Crippen molar-refractivity contribution < 1.29 is 0 Å². The highest BCUT2D eigenvalue weighted by molar-refractivity contribution is 5.95. The number of nitrogens with zero attached hydrogens (tertiary/aromatic N) is 5. The predicted molar refractivity (Wildman–Crippen MR) is 126 cm³/mol. The van der Waals surface area contributed by atoms with Gasteiger partial charge in [0.05, 0.1) is 44.5 Å². The van der Waals surface area contributed by atoms with Crippen molar-refractivity contribution in [2.75, 3.05) is 0 Å². The van der Waals surface area contributed by atoms with E-state index in [4.69, 9.17) is 15.3 Å². The molecule has 149 valence electrons. The van der Waals surface area contributed by atoms with Gasteiger partial charge in [0, 0.05) is 5.56 Å². The Balaban J connectivity index is 1.38. The first-order valence-electron chi connectivity index (χ1n) is 10.6. The number of para-hydroxylation sites is 5. The molecule has 1 N–H and O–H groups in total. The summed E-state index contributed by atoms with van der Waals surface area (Å²) in [5, 5.41) is 4.92. The molecule has 0 spiro atoms. The van der Waals surface area contributed by atoms with Gasteiger partial charge < -0.3 is 4.98 Å². The highest BCUT2D eigenvalue weighted by Gasteiger charge is 2.26. The van der Waals surface area contributed by atoms with Crippen LogP contribution < -0.4 is 5.32 Å². The zero-order valence-corrected chi connectivity index (χ0v) is 16.8. The second kappa shape index (κ2) is 5.56. The highest BCUT2D eigenvalue weighted by Crippen LogP contribution is 2.43. The van der Waals surface area contributed by atoms with Crippen LogP contribution in [-0.2, 0) is 0 Å². The van der Waals surface area contributed by atoms with E-state index in [-0.39, 0.29) is 0 Å². The fourth-order valence-electron chi connectivity index (χ4n) is 4.95. The van der Waals surface area contributed by atoms with E-state index in [1.54, 1.807) is 0 Å². The second-order valence-electron chi connectivity index (χ2n) is 8.14. The van der Waals surface area contributed by atoms with Gasteiger partial charge in [0.15, 0.2) is 0 Å². The van der Waals surface area contributed by atoms with E-state index in [0.717, 1.165) is 67.3 Å². The summed E-state index contributed by atoms with van der Waals surface area (Å²) in [7, 11) is 0. The quantitative estimate of drug-likeness (QED) is 0.368. The first kappa shape index (κ1) is 16.2. The summed E-state index contributed by atoms with van der Waals surface area (Å²) in [5.74, 6) is 1.59. The van der Waals surface area contributed by atoms with E-state index in [2.05, 4.69) is 62.5 Å². The summed E-state index contributed by atoms with van der Waals surface area (Å²) in [6.07, 6.45) is 0. The average molecular weight is 411 g/mol. The highest BCUT2D eigenvalue weighted by atomic mass is 15.3. The Hall–Kier alpha value is -4.58. The number of H-pyrrole nitrogens is 1. The van der Waals surface area contributed by atoms with Crippen LogP contribution in [0.2, 0.25) is 0 Å². The van der Waals surface area contributed by atoms with Crippen molar-refractivity contribution in [3.63, 3.8) is 0 Å². The lowest BCUT2D eigenvalue weighted by atomic mass is 10.0. The third kappa shape index (κ3) is 1.94. The van der Waals surface area contributed by atoms with Crippen LogP contribution in [0.25, 0.3) is 55.7 Å². The Bertz CT molecular complexity index is 1870. The molecule has 0 unspecified atom stereocenters. The lowest BCUT2D eigenvalue weighted by molar-refractivity contribution is 1.07. The molecular formula is C26H15N6. The summed E-state index contributed by atoms with van der Waals surface area (Å²) in [6.45, 7) is 0. The normalized spacial score (nSPS) is 12.6. The maximum atomic E-state index is 4.92. The number of hydrogen-bond acceptors (Lipinski definition) is 2. The summed E-state index contributed by atoms with van der Waals surface area (Å²) < 4.78 is 4.33. The number of imidazole rings is 3. The SMILES string of the molecule is c1cc(-c2ccc3[nH]c4nc5ccccc5n4c3c2)c2c(c1)-n1c(nc3ccccc31)[N]2. The first-order chi connectivity index (χ1) is 15.8. The second-order valence-corrected chi connectivity index (χ2v) is 8.14. The zero-order chi connectivity index (χ0) is 20.8. The minimum absolute atomic E-state index is 0.736. The van der Waals surface area contributed by atoms with Crippen molar-refractivity contribution >= 4 is 50.5 Å². The Kier molecular flexibility index (Phi) is 2.81. The van der Waals surface area contributed by atoms with Gasteiger partial charge in [-0.05, 0) is 48.0 Å². The number of fused-ring (bicyclic) bond motifs is 10. The Labute approximate surface area is 181 Å². The van der Waals surface area contributed by atoms with E-state index in [0.29, 0.717) is 0 Å². The Morgan fingerprint density at radius 3 is 2.41 bits per heavy atom. The first-order valence-corrected chi connectivity index (χ1v) is 10.6. The fraction of sp³-hybridized carbons (Fsp3) is 0. The van der Waals surface area contributed by atoms with Crippen LogP contribution >= 0.6 is 0 Å². The maximum Gasteiger partial charge on any atom is 0.236 e. The van der Waals surface area contributed by atoms with Crippen LogP contribution in [0, 0.1) is 0 Å². The van der Waals surface area contributed by atoms with Crippen molar-refractivity contribution in [3.8, 4) is 16.8 Å². The van der Waals surface area contributed by atoms with Crippen molar-refractivity contribution in [1.29, 1.82) is 0 Å². The molecule has 4 heterocycles. The summed E-state index contributed by atoms with van der Waals surface area (Å²) in [4.78, 5) is 12.9.